The van der Waals surface area contributed by atoms with E-state index in [9.17, 15) is 14.4 Å². The molecule has 0 saturated carbocycles. The van der Waals surface area contributed by atoms with Gasteiger partial charge in [0.1, 0.15) is 10.8 Å². The summed E-state index contributed by atoms with van der Waals surface area (Å²) in [5.41, 5.74) is 1.32. The molecule has 3 aromatic rings. The molecule has 3 amide bonds. The number of hydrogen-bond donors (Lipinski definition) is 1. The fourth-order valence-corrected chi connectivity index (χ4v) is 3.91. The predicted octanol–water partition coefficient (Wildman–Crippen LogP) is 3.66. The average molecular weight is 451 g/mol. The summed E-state index contributed by atoms with van der Waals surface area (Å²) < 4.78 is 5.62. The van der Waals surface area contributed by atoms with E-state index in [0.717, 1.165) is 0 Å². The van der Waals surface area contributed by atoms with Gasteiger partial charge in [-0.05, 0) is 42.3 Å². The zero-order valence-corrected chi connectivity index (χ0v) is 18.5. The number of anilines is 1. The van der Waals surface area contributed by atoms with E-state index in [2.05, 4.69) is 29.4 Å². The van der Waals surface area contributed by atoms with Crippen molar-refractivity contribution < 1.29 is 19.1 Å². The molecule has 0 saturated heterocycles. The van der Waals surface area contributed by atoms with Gasteiger partial charge in [-0.2, -0.15) is 0 Å². The van der Waals surface area contributed by atoms with Crippen LogP contribution in [0.4, 0.5) is 5.13 Å². The van der Waals surface area contributed by atoms with Crippen molar-refractivity contribution in [3.63, 3.8) is 0 Å². The van der Waals surface area contributed by atoms with Gasteiger partial charge in [-0.3, -0.25) is 24.6 Å². The Kier molecular flexibility index (Phi) is 6.27. The molecule has 0 fully saturated rings. The molecule has 1 aliphatic heterocycles. The van der Waals surface area contributed by atoms with Crippen LogP contribution in [0.2, 0.25) is 0 Å². The number of nitrogens with one attached hydrogen (secondary N) is 1. The minimum atomic E-state index is -0.302. The van der Waals surface area contributed by atoms with Crippen LogP contribution in [0.1, 0.15) is 49.9 Å². The minimum absolute atomic E-state index is 0.201. The lowest BCUT2D eigenvalue weighted by Gasteiger charge is -2.12. The summed E-state index contributed by atoms with van der Waals surface area (Å²) in [6.07, 6.45) is 0.362. The van der Waals surface area contributed by atoms with Gasteiger partial charge in [-0.1, -0.05) is 37.3 Å². The van der Waals surface area contributed by atoms with Crippen LogP contribution in [0.5, 0.6) is 5.75 Å². The fraction of sp³-hybridized carbons (Fsp3) is 0.261. The lowest BCUT2D eigenvalue weighted by Crippen LogP contribution is -2.31. The molecule has 2 aromatic carbocycles. The number of amides is 3. The van der Waals surface area contributed by atoms with Gasteiger partial charge in [0.25, 0.3) is 17.7 Å². The standard InChI is InChI=1S/C23H22N4O4S/c1-14(2)13-31-16-9-7-15(8-10-16)20(28)24-23-26-25-19(32-23)11-12-27-21(29)17-5-3-4-6-18(17)22(27)30/h3-10,14H,11-13H2,1-2H3,(H,24,26,28). The molecule has 9 heteroatoms. The van der Waals surface area contributed by atoms with Crippen LogP contribution in [0, 0.1) is 5.92 Å². The number of hydrogen-bond acceptors (Lipinski definition) is 7. The number of carbonyl (C=O) groups is 3. The normalized spacial score (nSPS) is 12.9. The van der Waals surface area contributed by atoms with Crippen molar-refractivity contribution in [1.82, 2.24) is 15.1 Å². The first-order chi connectivity index (χ1) is 15.4. The second-order valence-corrected chi connectivity index (χ2v) is 8.80. The van der Waals surface area contributed by atoms with Gasteiger partial charge in [-0.15, -0.1) is 10.2 Å². The number of nitrogens with zero attached hydrogens (tertiary/aromatic N) is 3. The molecule has 1 N–H and O–H groups in total. The maximum absolute atomic E-state index is 12.5. The van der Waals surface area contributed by atoms with Crippen LogP contribution in [0.15, 0.2) is 48.5 Å². The Morgan fingerprint density at radius 1 is 1.03 bits per heavy atom. The van der Waals surface area contributed by atoms with Gasteiger partial charge in [0.05, 0.1) is 17.7 Å². The summed E-state index contributed by atoms with van der Waals surface area (Å²) in [6.45, 7) is 4.95. The van der Waals surface area contributed by atoms with Crippen molar-refractivity contribution in [3.8, 4) is 5.75 Å². The Morgan fingerprint density at radius 2 is 1.69 bits per heavy atom. The summed E-state index contributed by atoms with van der Waals surface area (Å²) in [5.74, 6) is 0.223. The van der Waals surface area contributed by atoms with Crippen molar-refractivity contribution >= 4 is 34.2 Å². The maximum atomic E-state index is 12.5. The quantitative estimate of drug-likeness (QED) is 0.526. The summed E-state index contributed by atoms with van der Waals surface area (Å²) >= 11 is 1.21. The van der Waals surface area contributed by atoms with Gasteiger partial charge in [0.2, 0.25) is 5.13 Å². The number of aromatic nitrogens is 2. The molecule has 0 radical (unpaired) electrons. The summed E-state index contributed by atoms with van der Waals surface area (Å²) in [7, 11) is 0. The van der Waals surface area contributed by atoms with Gasteiger partial charge >= 0.3 is 0 Å². The number of fused-ring (bicyclic) bond motifs is 1. The Balaban J connectivity index is 1.32. The lowest BCUT2D eigenvalue weighted by molar-refractivity contribution is 0.0655. The first-order valence-electron chi connectivity index (χ1n) is 10.2. The zero-order chi connectivity index (χ0) is 22.7. The molecule has 0 atom stereocenters. The Labute approximate surface area is 189 Å². The first kappa shape index (κ1) is 21.6. The van der Waals surface area contributed by atoms with Crippen molar-refractivity contribution in [1.29, 1.82) is 0 Å². The monoisotopic (exact) mass is 450 g/mol. The average Bonchev–Trinajstić information content (AvgIpc) is 3.33. The largest absolute Gasteiger partial charge is 0.493 e. The topological polar surface area (TPSA) is 101 Å². The Hall–Kier alpha value is -3.59. The number of benzene rings is 2. The molecule has 32 heavy (non-hydrogen) atoms. The summed E-state index contributed by atoms with van der Waals surface area (Å²) in [5, 5.41) is 11.8. The molecule has 1 aliphatic rings. The van der Waals surface area contributed by atoms with E-state index >= 15 is 0 Å². The highest BCUT2D eigenvalue weighted by Crippen LogP contribution is 2.24. The van der Waals surface area contributed by atoms with E-state index in [0.29, 0.717) is 51.5 Å². The molecule has 0 unspecified atom stereocenters. The lowest BCUT2D eigenvalue weighted by atomic mass is 10.1. The van der Waals surface area contributed by atoms with Crippen LogP contribution in [0.3, 0.4) is 0 Å². The third kappa shape index (κ3) is 4.67. The van der Waals surface area contributed by atoms with Crippen molar-refractivity contribution in [2.75, 3.05) is 18.5 Å². The number of rotatable bonds is 8. The van der Waals surface area contributed by atoms with Gasteiger partial charge < -0.3 is 4.74 Å². The van der Waals surface area contributed by atoms with Crippen molar-refractivity contribution in [2.24, 2.45) is 5.92 Å². The Morgan fingerprint density at radius 3 is 2.31 bits per heavy atom. The molecular formula is C23H22N4O4S. The molecule has 164 valence electrons. The van der Waals surface area contributed by atoms with E-state index in [4.69, 9.17) is 4.74 Å². The molecule has 8 nitrogen and oxygen atoms in total. The third-order valence-corrected chi connectivity index (χ3v) is 5.71. The van der Waals surface area contributed by atoms with Crippen LogP contribution >= 0.6 is 11.3 Å². The molecule has 0 aliphatic carbocycles. The molecule has 1 aromatic heterocycles. The molecule has 2 heterocycles. The van der Waals surface area contributed by atoms with Crippen molar-refractivity contribution in [3.05, 3.63) is 70.2 Å². The molecular weight excluding hydrogens is 428 g/mol. The van der Waals surface area contributed by atoms with E-state index in [1.54, 1.807) is 48.5 Å². The van der Waals surface area contributed by atoms with E-state index in [-0.39, 0.29) is 24.3 Å². The molecule has 0 spiro atoms. The number of ether oxygens (including phenoxy) is 1. The fourth-order valence-electron chi connectivity index (χ4n) is 3.19. The summed E-state index contributed by atoms with van der Waals surface area (Å²) in [4.78, 5) is 38.6. The second kappa shape index (κ2) is 9.27. The SMILES string of the molecule is CC(C)COc1ccc(C(=O)Nc2nnc(CCN3C(=O)c4ccccc4C3=O)s2)cc1. The zero-order valence-electron chi connectivity index (χ0n) is 17.7. The van der Waals surface area contributed by atoms with Gasteiger partial charge in [-0.25, -0.2) is 0 Å². The van der Waals surface area contributed by atoms with E-state index < -0.39 is 0 Å². The molecule has 4 rings (SSSR count). The van der Waals surface area contributed by atoms with E-state index in [1.807, 2.05) is 0 Å². The number of carbonyl (C=O) groups excluding carboxylic acids is 3. The predicted molar refractivity (Wildman–Crippen MR) is 120 cm³/mol. The first-order valence-corrected chi connectivity index (χ1v) is 11.1. The number of imide groups is 1. The van der Waals surface area contributed by atoms with Gasteiger partial charge in [0.15, 0.2) is 0 Å². The smallest absolute Gasteiger partial charge is 0.261 e. The highest BCUT2D eigenvalue weighted by Gasteiger charge is 2.34. The van der Waals surface area contributed by atoms with Gasteiger partial charge in [0, 0.05) is 18.5 Å². The Bertz CT molecular complexity index is 1120. The second-order valence-electron chi connectivity index (χ2n) is 7.74. The minimum Gasteiger partial charge on any atom is -0.493 e. The van der Waals surface area contributed by atoms with Crippen LogP contribution in [0.25, 0.3) is 0 Å². The van der Waals surface area contributed by atoms with Crippen LogP contribution in [-0.2, 0) is 6.42 Å². The highest BCUT2D eigenvalue weighted by molar-refractivity contribution is 7.15. The highest BCUT2D eigenvalue weighted by atomic mass is 32.1. The molecule has 0 bridgehead atoms. The summed E-state index contributed by atoms with van der Waals surface area (Å²) in [6, 6.07) is 13.7. The van der Waals surface area contributed by atoms with Crippen LogP contribution < -0.4 is 10.1 Å². The van der Waals surface area contributed by atoms with Crippen LogP contribution in [-0.4, -0.2) is 46.0 Å². The maximum Gasteiger partial charge on any atom is 0.261 e. The third-order valence-electron chi connectivity index (χ3n) is 4.81. The van der Waals surface area contributed by atoms with Crippen molar-refractivity contribution in [2.45, 2.75) is 20.3 Å². The van der Waals surface area contributed by atoms with E-state index in [1.165, 1.54) is 16.2 Å².